The van der Waals surface area contributed by atoms with Gasteiger partial charge in [0, 0.05) is 16.2 Å². The van der Waals surface area contributed by atoms with Crippen LogP contribution < -0.4 is 5.32 Å². The van der Waals surface area contributed by atoms with Crippen LogP contribution in [0.15, 0.2) is 22.5 Å². The van der Waals surface area contributed by atoms with E-state index in [0.29, 0.717) is 17.5 Å². The minimum atomic E-state index is 0.302. The van der Waals surface area contributed by atoms with Crippen LogP contribution in [0.25, 0.3) is 0 Å². The Labute approximate surface area is 136 Å². The van der Waals surface area contributed by atoms with E-state index in [9.17, 15) is 0 Å². The van der Waals surface area contributed by atoms with Gasteiger partial charge in [-0.3, -0.25) is 4.99 Å². The average Bonchev–Trinajstić information content (AvgIpc) is 3.06. The molecule has 1 N–H and O–H groups in total. The summed E-state index contributed by atoms with van der Waals surface area (Å²) >= 11 is 3.76. The highest BCUT2D eigenvalue weighted by atomic mass is 32.2. The predicted molar refractivity (Wildman–Crippen MR) is 95.3 cm³/mol. The highest BCUT2D eigenvalue weighted by Gasteiger charge is 2.40. The lowest BCUT2D eigenvalue weighted by atomic mass is 9.78. The number of amidine groups is 1. The first kappa shape index (κ1) is 15.4. The molecule has 0 amide bonds. The molecule has 0 bridgehead atoms. The van der Waals surface area contributed by atoms with Gasteiger partial charge in [-0.15, -0.1) is 11.3 Å². The van der Waals surface area contributed by atoms with E-state index in [0.717, 1.165) is 5.92 Å². The van der Waals surface area contributed by atoms with E-state index >= 15 is 0 Å². The topological polar surface area (TPSA) is 24.4 Å². The summed E-state index contributed by atoms with van der Waals surface area (Å²) < 4.78 is 0. The van der Waals surface area contributed by atoms with Crippen LogP contribution in [0.1, 0.15) is 57.4 Å². The van der Waals surface area contributed by atoms with E-state index in [-0.39, 0.29) is 0 Å². The summed E-state index contributed by atoms with van der Waals surface area (Å²) in [4.78, 5) is 6.46. The van der Waals surface area contributed by atoms with E-state index < -0.39 is 0 Å². The van der Waals surface area contributed by atoms with Crippen LogP contribution in [0.3, 0.4) is 0 Å². The molecule has 0 radical (unpaired) electrons. The van der Waals surface area contributed by atoms with Gasteiger partial charge in [0.2, 0.25) is 0 Å². The second kappa shape index (κ2) is 6.33. The number of aliphatic imine (C=N–C) groups is 1. The van der Waals surface area contributed by atoms with Crippen LogP contribution in [-0.4, -0.2) is 16.5 Å². The second-order valence-electron chi connectivity index (χ2n) is 7.03. The van der Waals surface area contributed by atoms with Crippen molar-refractivity contribution >= 4 is 28.3 Å². The lowest BCUT2D eigenvalue weighted by Crippen LogP contribution is -2.47. The second-order valence-corrected chi connectivity index (χ2v) is 8.98. The third-order valence-electron chi connectivity index (χ3n) is 4.67. The molecule has 1 saturated heterocycles. The van der Waals surface area contributed by atoms with Crippen LogP contribution in [0.5, 0.6) is 0 Å². The fraction of sp³-hybridized carbons (Fsp3) is 0.706. The van der Waals surface area contributed by atoms with Crippen molar-refractivity contribution in [1.29, 1.82) is 0 Å². The molecule has 116 valence electrons. The Morgan fingerprint density at radius 2 is 2.29 bits per heavy atom. The summed E-state index contributed by atoms with van der Waals surface area (Å²) in [6.07, 6.45) is 5.38. The molecular weight excluding hydrogens is 296 g/mol. The molecular formula is C17H26N2S2. The van der Waals surface area contributed by atoms with Gasteiger partial charge in [0.1, 0.15) is 0 Å². The Morgan fingerprint density at radius 1 is 1.43 bits per heavy atom. The number of nitrogens with zero attached hydrogens (tertiary/aromatic N) is 1. The van der Waals surface area contributed by atoms with E-state index in [1.54, 1.807) is 0 Å². The number of nitrogens with one attached hydrogen (secondary N) is 1. The molecule has 21 heavy (non-hydrogen) atoms. The lowest BCUT2D eigenvalue weighted by molar-refractivity contribution is 0.242. The maximum Gasteiger partial charge on any atom is 0.157 e. The van der Waals surface area contributed by atoms with Gasteiger partial charge < -0.3 is 5.32 Å². The molecule has 4 heteroatoms. The fourth-order valence-electron chi connectivity index (χ4n) is 3.61. The molecule has 3 unspecified atom stereocenters. The number of hydrogen-bond donors (Lipinski definition) is 1. The van der Waals surface area contributed by atoms with E-state index in [1.807, 2.05) is 23.1 Å². The van der Waals surface area contributed by atoms with Crippen molar-refractivity contribution in [1.82, 2.24) is 5.32 Å². The highest BCUT2D eigenvalue weighted by Crippen LogP contribution is 2.40. The van der Waals surface area contributed by atoms with Crippen LogP contribution in [-0.2, 0) is 0 Å². The zero-order valence-corrected chi connectivity index (χ0v) is 14.9. The fourth-order valence-corrected chi connectivity index (χ4v) is 5.77. The van der Waals surface area contributed by atoms with Gasteiger partial charge in [-0.05, 0) is 36.1 Å². The Hall–Kier alpha value is -0.480. The summed E-state index contributed by atoms with van der Waals surface area (Å²) in [5, 5.41) is 7.14. The molecule has 1 aromatic rings. The summed E-state index contributed by atoms with van der Waals surface area (Å²) in [7, 11) is 0. The molecule has 1 spiro atoms. The zero-order valence-electron chi connectivity index (χ0n) is 13.3. The monoisotopic (exact) mass is 322 g/mol. The Kier molecular flexibility index (Phi) is 4.65. The summed E-state index contributed by atoms with van der Waals surface area (Å²) in [5.41, 5.74) is 0.331. The highest BCUT2D eigenvalue weighted by molar-refractivity contribution is 8.14. The first-order chi connectivity index (χ1) is 10.1. The summed E-state index contributed by atoms with van der Waals surface area (Å²) in [6, 6.07) is 4.66. The van der Waals surface area contributed by atoms with Crippen molar-refractivity contribution in [2.24, 2.45) is 16.8 Å². The Bertz CT molecular complexity index is 495. The first-order valence-electron chi connectivity index (χ1n) is 8.10. The van der Waals surface area contributed by atoms with Gasteiger partial charge in [0.05, 0.1) is 6.04 Å². The molecule has 2 nitrogen and oxygen atoms in total. The van der Waals surface area contributed by atoms with Crippen LogP contribution in [0.4, 0.5) is 0 Å². The van der Waals surface area contributed by atoms with Gasteiger partial charge in [-0.2, -0.15) is 0 Å². The van der Waals surface area contributed by atoms with Gasteiger partial charge in [-0.1, -0.05) is 51.4 Å². The molecule has 1 aliphatic carbocycles. The quantitative estimate of drug-likeness (QED) is 0.838. The Morgan fingerprint density at radius 3 is 2.95 bits per heavy atom. The molecule has 0 aromatic carbocycles. The van der Waals surface area contributed by atoms with Crippen molar-refractivity contribution in [3.05, 3.63) is 22.4 Å². The lowest BCUT2D eigenvalue weighted by Gasteiger charge is -2.36. The number of thioether (sulfide) groups is 1. The van der Waals surface area contributed by atoms with Crippen molar-refractivity contribution in [3.63, 3.8) is 0 Å². The SMILES string of the molecule is CC1CCCC2(CSC(=NC(c3cccs3)C(C)C)N2)C1. The molecule has 2 fully saturated rings. The van der Waals surface area contributed by atoms with Crippen molar-refractivity contribution in [2.75, 3.05) is 5.75 Å². The smallest absolute Gasteiger partial charge is 0.157 e. The Balaban J connectivity index is 1.75. The van der Waals surface area contributed by atoms with Gasteiger partial charge in [-0.25, -0.2) is 0 Å². The minimum Gasteiger partial charge on any atom is -0.359 e. The van der Waals surface area contributed by atoms with Crippen LogP contribution in [0, 0.1) is 11.8 Å². The summed E-state index contributed by atoms with van der Waals surface area (Å²) in [6.45, 7) is 6.93. The maximum absolute atomic E-state index is 5.07. The average molecular weight is 323 g/mol. The molecule has 1 aliphatic heterocycles. The maximum atomic E-state index is 5.07. The molecule has 3 rings (SSSR count). The largest absolute Gasteiger partial charge is 0.359 e. The number of hydrogen-bond acceptors (Lipinski definition) is 3. The van der Waals surface area contributed by atoms with E-state index in [1.165, 1.54) is 41.5 Å². The number of rotatable bonds is 3. The third kappa shape index (κ3) is 3.48. The van der Waals surface area contributed by atoms with Crippen LogP contribution in [0.2, 0.25) is 0 Å². The standard InChI is InChI=1S/C17H26N2S2/c1-12(2)15(14-7-5-9-20-14)18-16-19-17(11-21-16)8-4-6-13(3)10-17/h5,7,9,12-13,15H,4,6,8,10-11H2,1-3H3,(H,18,19). The predicted octanol–water partition coefficient (Wildman–Crippen LogP) is 5.09. The minimum absolute atomic E-state index is 0.302. The molecule has 2 aliphatic rings. The zero-order chi connectivity index (χ0) is 14.9. The molecule has 1 aromatic heterocycles. The van der Waals surface area contributed by atoms with Gasteiger partial charge >= 0.3 is 0 Å². The van der Waals surface area contributed by atoms with Gasteiger partial charge in [0.15, 0.2) is 5.17 Å². The van der Waals surface area contributed by atoms with Crippen molar-refractivity contribution < 1.29 is 0 Å². The number of thiophene rings is 1. The van der Waals surface area contributed by atoms with Crippen molar-refractivity contribution in [3.8, 4) is 0 Å². The molecule has 2 heterocycles. The van der Waals surface area contributed by atoms with E-state index in [2.05, 4.69) is 43.6 Å². The van der Waals surface area contributed by atoms with Crippen LogP contribution >= 0.6 is 23.1 Å². The van der Waals surface area contributed by atoms with E-state index in [4.69, 9.17) is 4.99 Å². The third-order valence-corrected chi connectivity index (χ3v) is 6.79. The van der Waals surface area contributed by atoms with Gasteiger partial charge in [0.25, 0.3) is 0 Å². The summed E-state index contributed by atoms with van der Waals surface area (Å²) in [5.74, 6) is 2.59. The first-order valence-corrected chi connectivity index (χ1v) is 9.97. The normalized spacial score (nSPS) is 32.8. The van der Waals surface area contributed by atoms with Crippen molar-refractivity contribution in [2.45, 2.75) is 58.0 Å². The molecule has 3 atom stereocenters. The molecule has 1 saturated carbocycles.